The molecule has 0 saturated heterocycles. The molecule has 0 aliphatic heterocycles. The Morgan fingerprint density at radius 2 is 1.06 bits per heavy atom. The van der Waals surface area contributed by atoms with Crippen LogP contribution in [-0.4, -0.2) is 0 Å². The molecule has 2 rings (SSSR count). The predicted octanol–water partition coefficient (Wildman–Crippen LogP) is 8.63. The SMILES string of the molecule is CCCCCCCCCCCCCCCCc1cccc[n+]1CCCc1ccccc1. The summed E-state index contributed by atoms with van der Waals surface area (Å²) in [5, 5.41) is 0. The second-order valence-corrected chi connectivity index (χ2v) is 9.32. The van der Waals surface area contributed by atoms with Gasteiger partial charge in [0.1, 0.15) is 6.54 Å². The van der Waals surface area contributed by atoms with Crippen LogP contribution in [0.1, 0.15) is 114 Å². The number of benzene rings is 1. The Morgan fingerprint density at radius 1 is 0.516 bits per heavy atom. The molecule has 0 unspecified atom stereocenters. The molecule has 1 aromatic heterocycles. The third-order valence-electron chi connectivity index (χ3n) is 6.53. The van der Waals surface area contributed by atoms with E-state index in [0.29, 0.717) is 0 Å². The minimum absolute atomic E-state index is 1.13. The van der Waals surface area contributed by atoms with Crippen molar-refractivity contribution in [1.29, 1.82) is 0 Å². The molecule has 0 bridgehead atoms. The van der Waals surface area contributed by atoms with Gasteiger partial charge in [-0.25, -0.2) is 4.57 Å². The summed E-state index contributed by atoms with van der Waals surface area (Å²) in [5.41, 5.74) is 2.96. The highest BCUT2D eigenvalue weighted by atomic mass is 14.9. The van der Waals surface area contributed by atoms with Crippen molar-refractivity contribution in [3.63, 3.8) is 0 Å². The number of aryl methyl sites for hydroxylation is 3. The monoisotopic (exact) mass is 422 g/mol. The van der Waals surface area contributed by atoms with Crippen LogP contribution in [0.25, 0.3) is 0 Å². The fourth-order valence-electron chi connectivity index (χ4n) is 4.56. The van der Waals surface area contributed by atoms with Gasteiger partial charge in [0.2, 0.25) is 0 Å². The molecule has 0 radical (unpaired) electrons. The fourth-order valence-corrected chi connectivity index (χ4v) is 4.56. The zero-order valence-corrected chi connectivity index (χ0v) is 20.4. The van der Waals surface area contributed by atoms with Crippen LogP contribution >= 0.6 is 0 Å². The smallest absolute Gasteiger partial charge is 0.181 e. The molecule has 0 amide bonds. The first-order chi connectivity index (χ1) is 15.4. The summed E-state index contributed by atoms with van der Waals surface area (Å²) in [6.07, 6.45) is 25.9. The minimum atomic E-state index is 1.13. The Labute approximate surface area is 193 Å². The van der Waals surface area contributed by atoms with E-state index in [1.54, 1.807) is 0 Å². The maximum absolute atomic E-state index is 2.48. The Bertz CT molecular complexity index is 648. The van der Waals surface area contributed by atoms with Gasteiger partial charge in [-0.2, -0.15) is 0 Å². The number of pyridine rings is 1. The molecule has 0 N–H and O–H groups in total. The van der Waals surface area contributed by atoms with Crippen LogP contribution in [0.15, 0.2) is 54.7 Å². The van der Waals surface area contributed by atoms with E-state index in [1.807, 2.05) is 0 Å². The first kappa shape index (κ1) is 25.6. The van der Waals surface area contributed by atoms with Crippen molar-refractivity contribution in [3.8, 4) is 0 Å². The lowest BCUT2D eigenvalue weighted by Crippen LogP contribution is -2.38. The molecular formula is C30H48N+. The van der Waals surface area contributed by atoms with Gasteiger partial charge in [-0.05, 0) is 18.4 Å². The summed E-state index contributed by atoms with van der Waals surface area (Å²) in [7, 11) is 0. The van der Waals surface area contributed by atoms with Crippen molar-refractivity contribution in [2.45, 2.75) is 123 Å². The van der Waals surface area contributed by atoms with Gasteiger partial charge >= 0.3 is 0 Å². The number of aromatic nitrogens is 1. The Kier molecular flexibility index (Phi) is 14.9. The molecule has 0 aliphatic carbocycles. The van der Waals surface area contributed by atoms with Crippen molar-refractivity contribution in [2.75, 3.05) is 0 Å². The lowest BCUT2D eigenvalue weighted by molar-refractivity contribution is -0.704. The molecule has 0 atom stereocenters. The van der Waals surface area contributed by atoms with E-state index in [9.17, 15) is 0 Å². The minimum Gasteiger partial charge on any atom is -0.202 e. The third-order valence-corrected chi connectivity index (χ3v) is 6.53. The van der Waals surface area contributed by atoms with E-state index in [4.69, 9.17) is 0 Å². The summed E-state index contributed by atoms with van der Waals surface area (Å²) in [4.78, 5) is 0. The molecule has 0 saturated carbocycles. The van der Waals surface area contributed by atoms with E-state index in [2.05, 4.69) is 66.2 Å². The number of hydrogen-bond acceptors (Lipinski definition) is 0. The first-order valence-electron chi connectivity index (χ1n) is 13.4. The van der Waals surface area contributed by atoms with Crippen LogP contribution in [0.5, 0.6) is 0 Å². The van der Waals surface area contributed by atoms with Crippen LogP contribution in [0.2, 0.25) is 0 Å². The molecule has 0 aliphatic rings. The van der Waals surface area contributed by atoms with Crippen molar-refractivity contribution < 1.29 is 4.57 Å². The van der Waals surface area contributed by atoms with Crippen LogP contribution in [0.4, 0.5) is 0 Å². The second-order valence-electron chi connectivity index (χ2n) is 9.32. The molecule has 0 fully saturated rings. The zero-order valence-electron chi connectivity index (χ0n) is 20.4. The van der Waals surface area contributed by atoms with Crippen molar-refractivity contribution in [3.05, 3.63) is 66.0 Å². The van der Waals surface area contributed by atoms with Crippen LogP contribution in [0, 0.1) is 0 Å². The molecule has 1 aromatic carbocycles. The molecule has 1 nitrogen and oxygen atoms in total. The highest BCUT2D eigenvalue weighted by molar-refractivity contribution is 5.14. The highest BCUT2D eigenvalue weighted by Crippen LogP contribution is 2.13. The van der Waals surface area contributed by atoms with Gasteiger partial charge in [-0.15, -0.1) is 0 Å². The Hall–Kier alpha value is -1.63. The summed E-state index contributed by atoms with van der Waals surface area (Å²) >= 11 is 0. The largest absolute Gasteiger partial charge is 0.202 e. The topological polar surface area (TPSA) is 3.88 Å². The fraction of sp³-hybridized carbons (Fsp3) is 0.633. The van der Waals surface area contributed by atoms with Gasteiger partial charge in [0, 0.05) is 25.0 Å². The maximum Gasteiger partial charge on any atom is 0.181 e. The maximum atomic E-state index is 2.48. The van der Waals surface area contributed by atoms with Gasteiger partial charge in [0.05, 0.1) is 0 Å². The highest BCUT2D eigenvalue weighted by Gasteiger charge is 2.09. The normalized spacial score (nSPS) is 11.1. The van der Waals surface area contributed by atoms with Crippen molar-refractivity contribution in [1.82, 2.24) is 0 Å². The van der Waals surface area contributed by atoms with Crippen molar-refractivity contribution in [2.24, 2.45) is 0 Å². The number of unbranched alkanes of at least 4 members (excludes halogenated alkanes) is 13. The van der Waals surface area contributed by atoms with Crippen LogP contribution < -0.4 is 4.57 Å². The first-order valence-corrected chi connectivity index (χ1v) is 13.4. The standard InChI is InChI=1S/C30H48N/c1-2-3-4-5-6-7-8-9-10-11-12-13-14-18-25-30-26-19-20-27-31(30)28-21-24-29-22-16-15-17-23-29/h15-17,19-20,22-23,26-27H,2-14,18,21,24-25,28H2,1H3/q+1. The number of hydrogen-bond donors (Lipinski definition) is 0. The van der Waals surface area contributed by atoms with Crippen LogP contribution in [-0.2, 0) is 19.4 Å². The predicted molar refractivity (Wildman–Crippen MR) is 135 cm³/mol. The zero-order chi connectivity index (χ0) is 21.8. The van der Waals surface area contributed by atoms with E-state index >= 15 is 0 Å². The average Bonchev–Trinajstić information content (AvgIpc) is 2.81. The van der Waals surface area contributed by atoms with E-state index in [0.717, 1.165) is 6.54 Å². The quantitative estimate of drug-likeness (QED) is 0.157. The van der Waals surface area contributed by atoms with E-state index in [1.165, 1.54) is 120 Å². The second kappa shape index (κ2) is 18.0. The summed E-state index contributed by atoms with van der Waals surface area (Å²) in [5.74, 6) is 0. The average molecular weight is 423 g/mol. The molecular weight excluding hydrogens is 374 g/mol. The van der Waals surface area contributed by atoms with Gasteiger partial charge in [-0.1, -0.05) is 127 Å². The molecule has 172 valence electrons. The van der Waals surface area contributed by atoms with Crippen LogP contribution in [0.3, 0.4) is 0 Å². The molecule has 1 heterocycles. The lowest BCUT2D eigenvalue weighted by atomic mass is 10.0. The van der Waals surface area contributed by atoms with Gasteiger partial charge < -0.3 is 0 Å². The Morgan fingerprint density at radius 3 is 1.68 bits per heavy atom. The molecule has 0 spiro atoms. The summed E-state index contributed by atoms with van der Waals surface area (Å²) < 4.78 is 2.48. The molecule has 2 aromatic rings. The van der Waals surface area contributed by atoms with Crippen molar-refractivity contribution >= 4 is 0 Å². The Balaban J connectivity index is 1.46. The number of nitrogens with zero attached hydrogens (tertiary/aromatic N) is 1. The number of rotatable bonds is 19. The summed E-state index contributed by atoms with van der Waals surface area (Å²) in [6.45, 7) is 3.43. The molecule has 31 heavy (non-hydrogen) atoms. The van der Waals surface area contributed by atoms with Gasteiger partial charge in [0.25, 0.3) is 0 Å². The third kappa shape index (κ3) is 12.7. The van der Waals surface area contributed by atoms with E-state index in [-0.39, 0.29) is 0 Å². The lowest BCUT2D eigenvalue weighted by Gasteiger charge is -2.05. The van der Waals surface area contributed by atoms with Gasteiger partial charge in [0.15, 0.2) is 11.9 Å². The van der Waals surface area contributed by atoms with Gasteiger partial charge in [-0.3, -0.25) is 0 Å². The summed E-state index contributed by atoms with van der Waals surface area (Å²) in [6, 6.07) is 17.6. The van der Waals surface area contributed by atoms with E-state index < -0.39 is 0 Å². The molecule has 1 heteroatoms.